The second-order valence-corrected chi connectivity index (χ2v) is 6.39. The number of nitrogens with one attached hydrogen (secondary N) is 2. The van der Waals surface area contributed by atoms with Gasteiger partial charge in [-0.3, -0.25) is 0 Å². The average molecular weight is 379 g/mol. The number of anilines is 2. The van der Waals surface area contributed by atoms with Gasteiger partial charge in [0.25, 0.3) is 0 Å². The van der Waals surface area contributed by atoms with Crippen molar-refractivity contribution < 1.29 is 14.3 Å². The zero-order valence-electron chi connectivity index (χ0n) is 15.7. The molecule has 0 unspecified atom stereocenters. The summed E-state index contributed by atoms with van der Waals surface area (Å²) in [5.41, 5.74) is 1.82. The summed E-state index contributed by atoms with van der Waals surface area (Å²) in [5, 5.41) is 15.1. The average Bonchev–Trinajstić information content (AvgIpc) is 2.65. The van der Waals surface area contributed by atoms with Crippen LogP contribution in [0.1, 0.15) is 28.5 Å². The van der Waals surface area contributed by atoms with Gasteiger partial charge in [-0.25, -0.2) is 14.6 Å². The van der Waals surface area contributed by atoms with Crippen molar-refractivity contribution in [2.75, 3.05) is 29.9 Å². The van der Waals surface area contributed by atoms with Crippen molar-refractivity contribution in [3.63, 3.8) is 0 Å². The van der Waals surface area contributed by atoms with Crippen molar-refractivity contribution in [2.24, 2.45) is 0 Å². The summed E-state index contributed by atoms with van der Waals surface area (Å²) in [6.07, 6.45) is 0. The molecule has 28 heavy (non-hydrogen) atoms. The Morgan fingerprint density at radius 1 is 1.32 bits per heavy atom. The molecule has 1 aliphatic heterocycles. The van der Waals surface area contributed by atoms with Gasteiger partial charge in [0, 0.05) is 18.8 Å². The van der Waals surface area contributed by atoms with E-state index in [-0.39, 0.29) is 18.7 Å². The van der Waals surface area contributed by atoms with E-state index in [1.165, 1.54) is 6.07 Å². The number of hydrogen-bond donors (Lipinski definition) is 2. The van der Waals surface area contributed by atoms with Crippen LogP contribution in [-0.2, 0) is 4.74 Å². The van der Waals surface area contributed by atoms with E-state index in [0.717, 1.165) is 5.69 Å². The van der Waals surface area contributed by atoms with Crippen molar-refractivity contribution in [3.05, 3.63) is 53.2 Å². The summed E-state index contributed by atoms with van der Waals surface area (Å²) in [5.74, 6) is 0.0193. The van der Waals surface area contributed by atoms with E-state index in [1.54, 1.807) is 13.8 Å². The number of amides is 2. The highest BCUT2D eigenvalue weighted by Gasteiger charge is 2.31. The number of pyridine rings is 1. The molecule has 2 heterocycles. The van der Waals surface area contributed by atoms with Gasteiger partial charge in [-0.1, -0.05) is 18.2 Å². The van der Waals surface area contributed by atoms with Gasteiger partial charge >= 0.3 is 12.0 Å². The smallest absolute Gasteiger partial charge is 0.340 e. The summed E-state index contributed by atoms with van der Waals surface area (Å²) in [7, 11) is 0. The van der Waals surface area contributed by atoms with Crippen LogP contribution in [0.15, 0.2) is 36.4 Å². The standard InChI is InChI=1S/C20H21N5O3/c1-3-28-19(26)17-9-14(10-21)18(22-13(17)2)25-11-16(12-25)24-20(27)23-15-7-5-4-6-8-15/h4-9,16H,3,11-12H2,1-2H3,(H2,23,24,27). The van der Waals surface area contributed by atoms with Crippen molar-refractivity contribution in [1.82, 2.24) is 10.3 Å². The molecule has 8 nitrogen and oxygen atoms in total. The summed E-state index contributed by atoms with van der Waals surface area (Å²) < 4.78 is 5.00. The molecule has 0 atom stereocenters. The minimum Gasteiger partial charge on any atom is -0.462 e. The maximum absolute atomic E-state index is 12.1. The van der Waals surface area contributed by atoms with Gasteiger partial charge in [-0.05, 0) is 32.0 Å². The zero-order chi connectivity index (χ0) is 20.1. The zero-order valence-corrected chi connectivity index (χ0v) is 15.7. The quantitative estimate of drug-likeness (QED) is 0.773. The maximum Gasteiger partial charge on any atom is 0.340 e. The fraction of sp³-hybridized carbons (Fsp3) is 0.300. The first kappa shape index (κ1) is 19.2. The third kappa shape index (κ3) is 4.20. The Morgan fingerprint density at radius 2 is 2.04 bits per heavy atom. The number of nitrogens with zero attached hydrogens (tertiary/aromatic N) is 3. The van der Waals surface area contributed by atoms with Gasteiger partial charge in [-0.15, -0.1) is 0 Å². The number of benzene rings is 1. The molecular formula is C20H21N5O3. The number of esters is 1. The van der Waals surface area contributed by atoms with Gasteiger partial charge in [0.05, 0.1) is 29.5 Å². The summed E-state index contributed by atoms with van der Waals surface area (Å²) >= 11 is 0. The fourth-order valence-electron chi connectivity index (χ4n) is 2.95. The van der Waals surface area contributed by atoms with Crippen LogP contribution in [0.2, 0.25) is 0 Å². The van der Waals surface area contributed by atoms with Crippen LogP contribution in [0.3, 0.4) is 0 Å². The Hall–Kier alpha value is -3.60. The number of para-hydroxylation sites is 1. The number of ether oxygens (including phenoxy) is 1. The lowest BCUT2D eigenvalue weighted by molar-refractivity contribution is 0.0525. The highest BCUT2D eigenvalue weighted by molar-refractivity contribution is 5.92. The molecule has 1 saturated heterocycles. The third-order valence-corrected chi connectivity index (χ3v) is 4.36. The number of rotatable bonds is 5. The fourth-order valence-corrected chi connectivity index (χ4v) is 2.95. The van der Waals surface area contributed by atoms with E-state index < -0.39 is 5.97 Å². The molecular weight excluding hydrogens is 358 g/mol. The summed E-state index contributed by atoms with van der Waals surface area (Å²) in [6, 6.07) is 12.5. The number of aryl methyl sites for hydroxylation is 1. The minimum atomic E-state index is -0.490. The molecule has 2 amide bonds. The Kier molecular flexibility index (Phi) is 5.75. The summed E-state index contributed by atoms with van der Waals surface area (Å²) in [4.78, 5) is 30.4. The lowest BCUT2D eigenvalue weighted by Crippen LogP contribution is -2.60. The van der Waals surface area contributed by atoms with E-state index in [0.29, 0.717) is 35.7 Å². The topological polar surface area (TPSA) is 107 Å². The molecule has 0 bridgehead atoms. The van der Waals surface area contributed by atoms with Crippen molar-refractivity contribution in [1.29, 1.82) is 5.26 Å². The van der Waals surface area contributed by atoms with Crippen LogP contribution in [0.4, 0.5) is 16.3 Å². The molecule has 0 spiro atoms. The van der Waals surface area contributed by atoms with E-state index in [9.17, 15) is 14.9 Å². The molecule has 0 radical (unpaired) electrons. The molecule has 3 rings (SSSR count). The SMILES string of the molecule is CCOC(=O)c1cc(C#N)c(N2CC(NC(=O)Nc3ccccc3)C2)nc1C. The lowest BCUT2D eigenvalue weighted by atomic mass is 10.1. The van der Waals surface area contributed by atoms with Gasteiger partial charge in [0.1, 0.15) is 11.9 Å². The van der Waals surface area contributed by atoms with Crippen LogP contribution in [-0.4, -0.2) is 42.7 Å². The summed E-state index contributed by atoms with van der Waals surface area (Å²) in [6.45, 7) is 4.75. The van der Waals surface area contributed by atoms with E-state index in [2.05, 4.69) is 21.7 Å². The van der Waals surface area contributed by atoms with E-state index in [4.69, 9.17) is 4.74 Å². The number of carbonyl (C=O) groups is 2. The Labute approximate surface area is 163 Å². The Morgan fingerprint density at radius 3 is 2.68 bits per heavy atom. The van der Waals surface area contributed by atoms with E-state index in [1.807, 2.05) is 35.2 Å². The predicted molar refractivity (Wildman–Crippen MR) is 104 cm³/mol. The normalized spacial score (nSPS) is 13.2. The largest absolute Gasteiger partial charge is 0.462 e. The second kappa shape index (κ2) is 8.39. The van der Waals surface area contributed by atoms with Crippen LogP contribution < -0.4 is 15.5 Å². The van der Waals surface area contributed by atoms with Gasteiger partial charge in [-0.2, -0.15) is 5.26 Å². The van der Waals surface area contributed by atoms with Crippen molar-refractivity contribution in [3.8, 4) is 6.07 Å². The highest BCUT2D eigenvalue weighted by Crippen LogP contribution is 2.25. The monoisotopic (exact) mass is 379 g/mol. The predicted octanol–water partition coefficient (Wildman–Crippen LogP) is 2.45. The number of carbonyl (C=O) groups excluding carboxylic acids is 2. The maximum atomic E-state index is 12.1. The first-order chi connectivity index (χ1) is 13.5. The number of aromatic nitrogens is 1. The molecule has 0 saturated carbocycles. The molecule has 2 N–H and O–H groups in total. The van der Waals surface area contributed by atoms with Crippen molar-refractivity contribution in [2.45, 2.75) is 19.9 Å². The first-order valence-corrected chi connectivity index (χ1v) is 8.98. The molecule has 2 aromatic rings. The number of hydrogen-bond acceptors (Lipinski definition) is 6. The minimum absolute atomic E-state index is 0.0536. The highest BCUT2D eigenvalue weighted by atomic mass is 16.5. The number of urea groups is 1. The van der Waals surface area contributed by atoms with Crippen LogP contribution >= 0.6 is 0 Å². The number of nitriles is 1. The van der Waals surface area contributed by atoms with Gasteiger partial charge < -0.3 is 20.3 Å². The molecule has 1 aliphatic rings. The van der Waals surface area contributed by atoms with Crippen LogP contribution in [0.5, 0.6) is 0 Å². The molecule has 8 heteroatoms. The second-order valence-electron chi connectivity index (χ2n) is 6.39. The molecule has 1 aromatic carbocycles. The Bertz CT molecular complexity index is 917. The van der Waals surface area contributed by atoms with Gasteiger partial charge in [0.15, 0.2) is 0 Å². The van der Waals surface area contributed by atoms with Gasteiger partial charge in [0.2, 0.25) is 0 Å². The lowest BCUT2D eigenvalue weighted by Gasteiger charge is -2.40. The molecule has 0 aliphatic carbocycles. The molecule has 1 aromatic heterocycles. The Balaban J connectivity index is 1.62. The third-order valence-electron chi connectivity index (χ3n) is 4.36. The molecule has 1 fully saturated rings. The van der Waals surface area contributed by atoms with E-state index >= 15 is 0 Å². The van der Waals surface area contributed by atoms with Crippen LogP contribution in [0, 0.1) is 18.3 Å². The molecule has 144 valence electrons. The van der Waals surface area contributed by atoms with Crippen molar-refractivity contribution >= 4 is 23.5 Å². The first-order valence-electron chi connectivity index (χ1n) is 8.98. The van der Waals surface area contributed by atoms with Crippen LogP contribution in [0.25, 0.3) is 0 Å².